The highest BCUT2D eigenvalue weighted by Crippen LogP contribution is 2.33. The van der Waals surface area contributed by atoms with Crippen LogP contribution in [-0.4, -0.2) is 35.3 Å². The van der Waals surface area contributed by atoms with Gasteiger partial charge in [0, 0.05) is 29.3 Å². The number of carbonyl (C=O) groups excluding carboxylic acids is 1. The van der Waals surface area contributed by atoms with Crippen LogP contribution in [0.3, 0.4) is 0 Å². The van der Waals surface area contributed by atoms with Crippen molar-refractivity contribution in [2.24, 2.45) is 5.73 Å². The number of nitrogens with one attached hydrogen (secondary N) is 1. The predicted octanol–water partition coefficient (Wildman–Crippen LogP) is 5.10. The first-order valence-electron chi connectivity index (χ1n) is 10.1. The van der Waals surface area contributed by atoms with Gasteiger partial charge in [-0.1, -0.05) is 29.8 Å². The number of phenols is 1. The first-order chi connectivity index (χ1) is 14.8. The highest BCUT2D eigenvalue weighted by atomic mass is 35.5. The average molecular weight is 440 g/mol. The van der Waals surface area contributed by atoms with Crippen LogP contribution in [0.2, 0.25) is 5.02 Å². The van der Waals surface area contributed by atoms with E-state index in [-0.39, 0.29) is 17.4 Å². The molecule has 0 saturated heterocycles. The number of hydrogen-bond donors (Lipinski definition) is 3. The van der Waals surface area contributed by atoms with Gasteiger partial charge in [0.2, 0.25) is 0 Å². The molecular weight excluding hydrogens is 414 g/mol. The van der Waals surface area contributed by atoms with Crippen molar-refractivity contribution in [2.75, 3.05) is 18.5 Å². The van der Waals surface area contributed by atoms with Crippen LogP contribution in [0.4, 0.5) is 5.82 Å². The van der Waals surface area contributed by atoms with E-state index in [1.807, 2.05) is 50.2 Å². The Hall–Kier alpha value is -3.09. The summed E-state index contributed by atoms with van der Waals surface area (Å²) in [6.07, 6.45) is 1.03. The summed E-state index contributed by atoms with van der Waals surface area (Å²) in [5, 5.41) is 13.9. The quantitative estimate of drug-likeness (QED) is 0.403. The molecule has 4 N–H and O–H groups in total. The summed E-state index contributed by atoms with van der Waals surface area (Å²) in [6.45, 7) is 5.35. The minimum absolute atomic E-state index is 0.0442. The number of carbonyl (C=O) groups is 1. The third-order valence-corrected chi connectivity index (χ3v) is 4.98. The number of halogens is 1. The first kappa shape index (κ1) is 22.6. The molecule has 0 aliphatic carbocycles. The van der Waals surface area contributed by atoms with Crippen LogP contribution in [0.1, 0.15) is 30.6 Å². The van der Waals surface area contributed by atoms with Crippen molar-refractivity contribution in [1.82, 2.24) is 4.98 Å². The van der Waals surface area contributed by atoms with E-state index in [9.17, 15) is 9.90 Å². The maximum Gasteiger partial charge on any atom is 0.252 e. The molecule has 31 heavy (non-hydrogen) atoms. The number of nitrogens with zero attached hydrogens (tertiary/aromatic N) is 1. The summed E-state index contributed by atoms with van der Waals surface area (Å²) in [6, 6.07) is 16.1. The molecule has 1 heterocycles. The molecule has 3 aromatic rings. The van der Waals surface area contributed by atoms with Crippen molar-refractivity contribution >= 4 is 23.3 Å². The second kappa shape index (κ2) is 10.3. The monoisotopic (exact) mass is 439 g/mol. The lowest BCUT2D eigenvalue weighted by atomic mass is 10.0. The third kappa shape index (κ3) is 5.96. The Labute approximate surface area is 187 Å². The van der Waals surface area contributed by atoms with Crippen molar-refractivity contribution in [2.45, 2.75) is 26.4 Å². The van der Waals surface area contributed by atoms with E-state index < -0.39 is 5.91 Å². The van der Waals surface area contributed by atoms with Gasteiger partial charge in [-0.05, 0) is 62.2 Å². The smallest absolute Gasteiger partial charge is 0.252 e. The van der Waals surface area contributed by atoms with Crippen molar-refractivity contribution in [3.8, 4) is 28.1 Å². The Bertz CT molecular complexity index is 1070. The van der Waals surface area contributed by atoms with Gasteiger partial charge in [0.25, 0.3) is 5.91 Å². The molecule has 0 atom stereocenters. The van der Waals surface area contributed by atoms with Crippen molar-refractivity contribution in [1.29, 1.82) is 0 Å². The lowest BCUT2D eigenvalue weighted by molar-refractivity contribution is 0.0787. The number of anilines is 1. The highest BCUT2D eigenvalue weighted by Gasteiger charge is 2.13. The molecule has 0 bridgehead atoms. The van der Waals surface area contributed by atoms with Crippen LogP contribution in [0.25, 0.3) is 22.4 Å². The van der Waals surface area contributed by atoms with E-state index in [0.717, 1.165) is 17.5 Å². The van der Waals surface area contributed by atoms with Crippen molar-refractivity contribution in [3.05, 3.63) is 65.2 Å². The van der Waals surface area contributed by atoms with Gasteiger partial charge in [-0.25, -0.2) is 4.98 Å². The molecule has 3 rings (SSSR count). The second-order valence-corrected chi connectivity index (χ2v) is 7.81. The Kier molecular flexibility index (Phi) is 7.50. The minimum Gasteiger partial charge on any atom is -0.507 e. The fourth-order valence-corrected chi connectivity index (χ4v) is 3.37. The van der Waals surface area contributed by atoms with E-state index in [1.54, 1.807) is 6.07 Å². The maximum absolute atomic E-state index is 11.7. The molecule has 0 aliphatic rings. The van der Waals surface area contributed by atoms with Gasteiger partial charge in [0.1, 0.15) is 11.6 Å². The summed E-state index contributed by atoms with van der Waals surface area (Å²) < 4.78 is 5.58. The number of nitrogens with two attached hydrogens (primary N) is 1. The van der Waals surface area contributed by atoms with E-state index in [2.05, 4.69) is 5.32 Å². The highest BCUT2D eigenvalue weighted by molar-refractivity contribution is 6.33. The van der Waals surface area contributed by atoms with E-state index in [4.69, 9.17) is 27.1 Å². The Balaban J connectivity index is 1.96. The molecule has 2 aromatic carbocycles. The standard InChI is InChI=1S/C24H26ClN3O3/c1-15(2)31-11-5-10-27-23-14-17(18-6-3-4-7-20(18)25)13-21(28-23)16-8-9-22(29)19(12-16)24(26)30/h3-4,6-9,12-15,29H,5,10-11H2,1-2H3,(H2,26,30)(H,27,28). The Morgan fingerprint density at radius 1 is 1.16 bits per heavy atom. The summed E-state index contributed by atoms with van der Waals surface area (Å²) in [5.41, 5.74) is 8.46. The number of aromatic hydroxyl groups is 1. The number of benzene rings is 2. The molecule has 0 unspecified atom stereocenters. The largest absolute Gasteiger partial charge is 0.507 e. The second-order valence-electron chi connectivity index (χ2n) is 7.40. The number of amides is 1. The average Bonchev–Trinajstić information content (AvgIpc) is 2.73. The van der Waals surface area contributed by atoms with E-state index in [1.165, 1.54) is 12.1 Å². The number of aromatic nitrogens is 1. The molecule has 0 saturated carbocycles. The summed E-state index contributed by atoms with van der Waals surface area (Å²) >= 11 is 6.42. The number of ether oxygens (including phenoxy) is 1. The molecule has 162 valence electrons. The van der Waals surface area contributed by atoms with Crippen LogP contribution < -0.4 is 11.1 Å². The molecule has 0 aliphatic heterocycles. The van der Waals surface area contributed by atoms with Crippen LogP contribution in [0.5, 0.6) is 5.75 Å². The predicted molar refractivity (Wildman–Crippen MR) is 124 cm³/mol. The normalized spacial score (nSPS) is 11.0. The number of pyridine rings is 1. The zero-order chi connectivity index (χ0) is 22.4. The summed E-state index contributed by atoms with van der Waals surface area (Å²) in [4.78, 5) is 16.3. The van der Waals surface area contributed by atoms with Crippen molar-refractivity contribution < 1.29 is 14.6 Å². The first-order valence-corrected chi connectivity index (χ1v) is 10.5. The van der Waals surface area contributed by atoms with E-state index >= 15 is 0 Å². The van der Waals surface area contributed by atoms with Crippen LogP contribution in [-0.2, 0) is 4.74 Å². The topological polar surface area (TPSA) is 97.5 Å². The molecular formula is C24H26ClN3O3. The van der Waals surface area contributed by atoms with Crippen LogP contribution in [0, 0.1) is 0 Å². The molecule has 1 aromatic heterocycles. The molecule has 0 spiro atoms. The molecule has 0 fully saturated rings. The number of hydrogen-bond acceptors (Lipinski definition) is 5. The van der Waals surface area contributed by atoms with Crippen LogP contribution >= 0.6 is 11.6 Å². The fraction of sp³-hybridized carbons (Fsp3) is 0.250. The van der Waals surface area contributed by atoms with Gasteiger partial charge in [0.15, 0.2) is 0 Å². The van der Waals surface area contributed by atoms with Gasteiger partial charge in [-0.15, -0.1) is 0 Å². The Morgan fingerprint density at radius 3 is 2.65 bits per heavy atom. The maximum atomic E-state index is 11.7. The van der Waals surface area contributed by atoms with Gasteiger partial charge in [0.05, 0.1) is 17.4 Å². The van der Waals surface area contributed by atoms with Gasteiger partial charge in [-0.2, -0.15) is 0 Å². The zero-order valence-electron chi connectivity index (χ0n) is 17.6. The fourth-order valence-electron chi connectivity index (χ4n) is 3.12. The summed E-state index contributed by atoms with van der Waals surface area (Å²) in [7, 11) is 0. The van der Waals surface area contributed by atoms with Gasteiger partial charge in [-0.3, -0.25) is 4.79 Å². The van der Waals surface area contributed by atoms with E-state index in [0.29, 0.717) is 35.2 Å². The summed E-state index contributed by atoms with van der Waals surface area (Å²) in [5.74, 6) is -0.196. The molecule has 0 radical (unpaired) electrons. The lowest BCUT2D eigenvalue weighted by Gasteiger charge is -2.13. The number of rotatable bonds is 9. The van der Waals surface area contributed by atoms with Gasteiger partial charge >= 0.3 is 0 Å². The molecule has 1 amide bonds. The SMILES string of the molecule is CC(C)OCCCNc1cc(-c2ccccc2Cl)cc(-c2ccc(O)c(C(N)=O)c2)n1. The minimum atomic E-state index is -0.704. The lowest BCUT2D eigenvalue weighted by Crippen LogP contribution is -2.11. The van der Waals surface area contributed by atoms with Crippen molar-refractivity contribution in [3.63, 3.8) is 0 Å². The zero-order valence-corrected chi connectivity index (χ0v) is 18.3. The number of primary amides is 1. The van der Waals surface area contributed by atoms with Gasteiger partial charge < -0.3 is 20.9 Å². The molecule has 6 nitrogen and oxygen atoms in total. The molecule has 7 heteroatoms. The Morgan fingerprint density at radius 2 is 1.94 bits per heavy atom. The van der Waals surface area contributed by atoms with Crippen LogP contribution in [0.15, 0.2) is 54.6 Å². The third-order valence-electron chi connectivity index (χ3n) is 4.65.